The maximum absolute atomic E-state index is 13.2. The highest BCUT2D eigenvalue weighted by molar-refractivity contribution is 5.97. The molecular weight excluding hydrogens is 368 g/mol. The molecule has 3 aromatic carbocycles. The third-order valence-corrected chi connectivity index (χ3v) is 4.79. The lowest BCUT2D eigenvalue weighted by Gasteiger charge is -2.37. The van der Waals surface area contributed by atoms with Gasteiger partial charge in [-0.3, -0.25) is 14.5 Å². The Bertz CT molecular complexity index is 1020. The third-order valence-electron chi connectivity index (χ3n) is 4.79. The Morgan fingerprint density at radius 3 is 2.38 bits per heavy atom. The van der Waals surface area contributed by atoms with E-state index in [0.29, 0.717) is 29.4 Å². The van der Waals surface area contributed by atoms with E-state index in [1.807, 2.05) is 54.6 Å². The van der Waals surface area contributed by atoms with Crippen LogP contribution in [0.4, 0.5) is 5.69 Å². The van der Waals surface area contributed by atoms with E-state index in [9.17, 15) is 9.59 Å². The van der Waals surface area contributed by atoms with E-state index in [0.717, 1.165) is 5.56 Å². The third kappa shape index (κ3) is 3.91. The van der Waals surface area contributed by atoms with E-state index < -0.39 is 5.91 Å². The minimum absolute atomic E-state index is 0.145. The van der Waals surface area contributed by atoms with Crippen molar-refractivity contribution < 1.29 is 19.1 Å². The summed E-state index contributed by atoms with van der Waals surface area (Å²) in [5.74, 6) is 0.455. The Balaban J connectivity index is 1.57. The minimum Gasteiger partial charge on any atom is -0.489 e. The average molecular weight is 388 g/mol. The molecule has 0 radical (unpaired) electrons. The molecule has 6 nitrogen and oxygen atoms in total. The van der Waals surface area contributed by atoms with Crippen molar-refractivity contribution in [3.8, 4) is 11.5 Å². The molecule has 1 atom stereocenters. The molecule has 0 aliphatic carbocycles. The van der Waals surface area contributed by atoms with E-state index >= 15 is 0 Å². The predicted molar refractivity (Wildman–Crippen MR) is 109 cm³/mol. The molecule has 0 fully saturated rings. The number of primary amides is 1. The monoisotopic (exact) mass is 388 g/mol. The van der Waals surface area contributed by atoms with Crippen LogP contribution in [0.1, 0.15) is 22.0 Å². The summed E-state index contributed by atoms with van der Waals surface area (Å²) < 4.78 is 11.6. The molecule has 0 unspecified atom stereocenters. The summed E-state index contributed by atoms with van der Waals surface area (Å²) >= 11 is 0. The number of ether oxygens (including phenoxy) is 2. The zero-order valence-electron chi connectivity index (χ0n) is 15.7. The molecule has 0 bridgehead atoms. The fourth-order valence-corrected chi connectivity index (χ4v) is 3.35. The number of para-hydroxylation sites is 2. The second-order valence-electron chi connectivity index (χ2n) is 6.65. The van der Waals surface area contributed by atoms with E-state index in [4.69, 9.17) is 15.2 Å². The quantitative estimate of drug-likeness (QED) is 0.727. The first-order valence-corrected chi connectivity index (χ1v) is 9.25. The van der Waals surface area contributed by atoms with E-state index in [1.165, 1.54) is 0 Å². The summed E-state index contributed by atoms with van der Waals surface area (Å²) in [4.78, 5) is 26.1. The van der Waals surface area contributed by atoms with Crippen molar-refractivity contribution in [2.24, 2.45) is 5.73 Å². The highest BCUT2D eigenvalue weighted by Gasteiger charge is 2.33. The molecule has 1 aliphatic heterocycles. The van der Waals surface area contributed by atoms with E-state index in [2.05, 4.69) is 0 Å². The van der Waals surface area contributed by atoms with Crippen LogP contribution in [0.15, 0.2) is 78.9 Å². The first-order valence-electron chi connectivity index (χ1n) is 9.25. The first kappa shape index (κ1) is 18.6. The molecular formula is C23H20N2O4. The summed E-state index contributed by atoms with van der Waals surface area (Å²) in [6, 6.07) is 23.4. The summed E-state index contributed by atoms with van der Waals surface area (Å²) in [6.45, 7) is 0.216. The second kappa shape index (κ2) is 8.06. The van der Waals surface area contributed by atoms with Gasteiger partial charge in [-0.15, -0.1) is 0 Å². The van der Waals surface area contributed by atoms with Gasteiger partial charge in [0.15, 0.2) is 6.61 Å². The average Bonchev–Trinajstić information content (AvgIpc) is 2.77. The topological polar surface area (TPSA) is 81.9 Å². The van der Waals surface area contributed by atoms with Crippen LogP contribution >= 0.6 is 0 Å². The number of amides is 2. The molecule has 6 heteroatoms. The van der Waals surface area contributed by atoms with Crippen LogP contribution in [0, 0.1) is 0 Å². The fourth-order valence-electron chi connectivity index (χ4n) is 3.35. The normalized spacial score (nSPS) is 15.2. The molecule has 3 aromatic rings. The molecule has 29 heavy (non-hydrogen) atoms. The Morgan fingerprint density at radius 2 is 1.66 bits per heavy atom. The molecule has 0 spiro atoms. The Labute approximate surface area is 168 Å². The predicted octanol–water partition coefficient (Wildman–Crippen LogP) is 3.33. The molecule has 1 heterocycles. The lowest BCUT2D eigenvalue weighted by Crippen LogP contribution is -2.43. The molecule has 1 aliphatic rings. The van der Waals surface area contributed by atoms with Crippen molar-refractivity contribution in [2.75, 3.05) is 18.1 Å². The van der Waals surface area contributed by atoms with Crippen LogP contribution in [-0.4, -0.2) is 25.0 Å². The summed E-state index contributed by atoms with van der Waals surface area (Å²) in [6.07, 6.45) is 0. The van der Waals surface area contributed by atoms with Gasteiger partial charge in [-0.1, -0.05) is 42.5 Å². The maximum Gasteiger partial charge on any atom is 0.265 e. The number of rotatable bonds is 5. The summed E-state index contributed by atoms with van der Waals surface area (Å²) in [5, 5.41) is 0. The van der Waals surface area contributed by atoms with Crippen molar-refractivity contribution in [3.63, 3.8) is 0 Å². The van der Waals surface area contributed by atoms with Gasteiger partial charge in [0.2, 0.25) is 5.91 Å². The molecule has 146 valence electrons. The molecule has 4 rings (SSSR count). The highest BCUT2D eigenvalue weighted by Crippen LogP contribution is 2.39. The molecule has 2 N–H and O–H groups in total. The zero-order chi connectivity index (χ0) is 20.2. The molecule has 2 amide bonds. The van der Waals surface area contributed by atoms with Gasteiger partial charge in [-0.05, 0) is 42.0 Å². The van der Waals surface area contributed by atoms with Gasteiger partial charge < -0.3 is 15.2 Å². The maximum atomic E-state index is 13.2. The van der Waals surface area contributed by atoms with Gasteiger partial charge in [0.05, 0.1) is 11.7 Å². The van der Waals surface area contributed by atoms with E-state index in [-0.39, 0.29) is 18.6 Å². The number of carbonyl (C=O) groups is 2. The van der Waals surface area contributed by atoms with Crippen molar-refractivity contribution >= 4 is 17.5 Å². The van der Waals surface area contributed by atoms with Crippen molar-refractivity contribution in [1.29, 1.82) is 0 Å². The standard InChI is InChI=1S/C23H20N2O4/c24-23(27)17-10-12-18(13-11-17)28-15-22(26)25-19-8-4-5-9-21(19)29-14-20(25)16-6-2-1-3-7-16/h1-13,20H,14-15H2,(H2,24,27)/t20-/m1/s1. The number of nitrogens with zero attached hydrogens (tertiary/aromatic N) is 1. The number of anilines is 1. The van der Waals surface area contributed by atoms with Crippen LogP contribution in [0.2, 0.25) is 0 Å². The molecule has 0 saturated heterocycles. The van der Waals surface area contributed by atoms with Crippen LogP contribution in [0.3, 0.4) is 0 Å². The largest absolute Gasteiger partial charge is 0.489 e. The Kier molecular flexibility index (Phi) is 5.16. The number of fused-ring (bicyclic) bond motifs is 1. The van der Waals surface area contributed by atoms with Crippen LogP contribution in [-0.2, 0) is 4.79 Å². The Morgan fingerprint density at radius 1 is 0.966 bits per heavy atom. The lowest BCUT2D eigenvalue weighted by atomic mass is 10.0. The summed E-state index contributed by atoms with van der Waals surface area (Å²) in [7, 11) is 0. The van der Waals surface area contributed by atoms with Crippen molar-refractivity contribution in [3.05, 3.63) is 90.0 Å². The minimum atomic E-state index is -0.511. The van der Waals surface area contributed by atoms with Gasteiger partial charge >= 0.3 is 0 Å². The number of hydrogen-bond acceptors (Lipinski definition) is 4. The smallest absolute Gasteiger partial charge is 0.265 e. The van der Waals surface area contributed by atoms with Gasteiger partial charge in [0.1, 0.15) is 18.1 Å². The number of carbonyl (C=O) groups excluding carboxylic acids is 2. The summed E-state index contributed by atoms with van der Waals surface area (Å²) in [5.41, 5.74) is 7.33. The van der Waals surface area contributed by atoms with E-state index in [1.54, 1.807) is 29.2 Å². The number of hydrogen-bond donors (Lipinski definition) is 1. The van der Waals surface area contributed by atoms with Gasteiger partial charge in [0.25, 0.3) is 5.91 Å². The van der Waals surface area contributed by atoms with Crippen LogP contribution < -0.4 is 20.1 Å². The van der Waals surface area contributed by atoms with Gasteiger partial charge in [0, 0.05) is 5.56 Å². The first-order chi connectivity index (χ1) is 14.1. The lowest BCUT2D eigenvalue weighted by molar-refractivity contribution is -0.121. The fraction of sp³-hybridized carbons (Fsp3) is 0.130. The number of nitrogens with two attached hydrogens (primary N) is 1. The van der Waals surface area contributed by atoms with Gasteiger partial charge in [-0.25, -0.2) is 0 Å². The van der Waals surface area contributed by atoms with Crippen molar-refractivity contribution in [2.45, 2.75) is 6.04 Å². The van der Waals surface area contributed by atoms with Gasteiger partial charge in [-0.2, -0.15) is 0 Å². The van der Waals surface area contributed by atoms with Crippen LogP contribution in [0.5, 0.6) is 11.5 Å². The molecule has 0 aromatic heterocycles. The van der Waals surface area contributed by atoms with Crippen LogP contribution in [0.25, 0.3) is 0 Å². The number of benzene rings is 3. The molecule has 0 saturated carbocycles. The highest BCUT2D eigenvalue weighted by atomic mass is 16.5. The van der Waals surface area contributed by atoms with Crippen molar-refractivity contribution in [1.82, 2.24) is 0 Å². The SMILES string of the molecule is NC(=O)c1ccc(OCC(=O)N2c3ccccc3OC[C@@H]2c2ccccc2)cc1. The zero-order valence-corrected chi connectivity index (χ0v) is 15.7. The Hall–Kier alpha value is -3.80. The second-order valence-corrected chi connectivity index (χ2v) is 6.65.